The Morgan fingerprint density at radius 2 is 1.68 bits per heavy atom. The molecular formula is C19H18N2O. The van der Waals surface area contributed by atoms with E-state index in [0.29, 0.717) is 11.1 Å². The number of pyridine rings is 1. The highest BCUT2D eigenvalue weighted by Gasteiger charge is 2.18. The molecule has 0 bridgehead atoms. The molecule has 0 saturated carbocycles. The topological polar surface area (TPSA) is 33.2 Å². The van der Waals surface area contributed by atoms with E-state index in [4.69, 9.17) is 0 Å². The summed E-state index contributed by atoms with van der Waals surface area (Å²) in [5, 5.41) is 0.991. The Kier molecular flexibility index (Phi) is 3.63. The van der Waals surface area contributed by atoms with Crippen molar-refractivity contribution in [3.8, 4) is 0 Å². The van der Waals surface area contributed by atoms with Gasteiger partial charge in [-0.3, -0.25) is 9.78 Å². The SMILES string of the molecule is Cc1ccc(C(=O)c2cnc3ccccc3c2N(C)C)cc1. The molecule has 3 aromatic rings. The lowest BCUT2D eigenvalue weighted by atomic mass is 9.99. The maximum atomic E-state index is 12.9. The number of nitrogens with zero attached hydrogens (tertiary/aromatic N) is 2. The number of benzene rings is 2. The van der Waals surface area contributed by atoms with Crippen LogP contribution >= 0.6 is 0 Å². The number of rotatable bonds is 3. The zero-order valence-corrected chi connectivity index (χ0v) is 13.0. The van der Waals surface area contributed by atoms with E-state index in [9.17, 15) is 4.79 Å². The average Bonchev–Trinajstić information content (AvgIpc) is 2.53. The van der Waals surface area contributed by atoms with Gasteiger partial charge < -0.3 is 4.90 Å². The molecule has 0 amide bonds. The Balaban J connectivity index is 2.19. The highest BCUT2D eigenvalue weighted by Crippen LogP contribution is 2.29. The molecule has 0 fully saturated rings. The van der Waals surface area contributed by atoms with E-state index in [1.54, 1.807) is 6.20 Å². The lowest BCUT2D eigenvalue weighted by molar-refractivity contribution is 0.103. The molecule has 22 heavy (non-hydrogen) atoms. The van der Waals surface area contributed by atoms with Crippen LogP contribution in [0.3, 0.4) is 0 Å². The molecule has 0 radical (unpaired) electrons. The van der Waals surface area contributed by atoms with Crippen molar-refractivity contribution in [3.05, 3.63) is 71.4 Å². The summed E-state index contributed by atoms with van der Waals surface area (Å²) in [6.45, 7) is 2.01. The Morgan fingerprint density at radius 3 is 2.36 bits per heavy atom. The Hall–Kier alpha value is -2.68. The minimum absolute atomic E-state index is 0.00181. The maximum Gasteiger partial charge on any atom is 0.196 e. The van der Waals surface area contributed by atoms with Crippen LogP contribution in [-0.2, 0) is 0 Å². The van der Waals surface area contributed by atoms with Crippen molar-refractivity contribution in [2.24, 2.45) is 0 Å². The van der Waals surface area contributed by atoms with Crippen LogP contribution < -0.4 is 4.90 Å². The zero-order chi connectivity index (χ0) is 15.7. The van der Waals surface area contributed by atoms with Gasteiger partial charge in [0, 0.05) is 31.2 Å². The van der Waals surface area contributed by atoms with Crippen LogP contribution in [-0.4, -0.2) is 24.9 Å². The van der Waals surface area contributed by atoms with E-state index in [1.807, 2.05) is 74.4 Å². The number of anilines is 1. The lowest BCUT2D eigenvalue weighted by Gasteiger charge is -2.19. The van der Waals surface area contributed by atoms with Crippen molar-refractivity contribution in [1.29, 1.82) is 0 Å². The highest BCUT2D eigenvalue weighted by molar-refractivity contribution is 6.15. The molecule has 0 spiro atoms. The van der Waals surface area contributed by atoms with Crippen LogP contribution in [0.2, 0.25) is 0 Å². The first-order valence-electron chi connectivity index (χ1n) is 7.24. The van der Waals surface area contributed by atoms with Crippen LogP contribution in [0, 0.1) is 6.92 Å². The standard InChI is InChI=1S/C19H18N2O/c1-13-8-10-14(11-9-13)19(22)16-12-20-17-7-5-4-6-15(17)18(16)21(2)3/h4-12H,1-3H3. The van der Waals surface area contributed by atoms with Crippen LogP contribution in [0.25, 0.3) is 10.9 Å². The molecule has 1 heterocycles. The second-order valence-electron chi connectivity index (χ2n) is 5.63. The van der Waals surface area contributed by atoms with Gasteiger partial charge in [0.1, 0.15) is 0 Å². The van der Waals surface area contributed by atoms with Crippen LogP contribution in [0.5, 0.6) is 0 Å². The van der Waals surface area contributed by atoms with Crippen LogP contribution in [0.1, 0.15) is 21.5 Å². The number of ketones is 1. The molecule has 0 aliphatic heterocycles. The highest BCUT2D eigenvalue weighted by atomic mass is 16.1. The third-order valence-electron chi connectivity index (χ3n) is 3.75. The third-order valence-corrected chi connectivity index (χ3v) is 3.75. The van der Waals surface area contributed by atoms with Gasteiger partial charge in [0.25, 0.3) is 0 Å². The van der Waals surface area contributed by atoms with Crippen molar-refractivity contribution in [3.63, 3.8) is 0 Å². The van der Waals surface area contributed by atoms with Crippen molar-refractivity contribution < 1.29 is 4.79 Å². The summed E-state index contributed by atoms with van der Waals surface area (Å²) < 4.78 is 0. The summed E-state index contributed by atoms with van der Waals surface area (Å²) in [6.07, 6.45) is 1.68. The van der Waals surface area contributed by atoms with Crippen molar-refractivity contribution in [2.45, 2.75) is 6.92 Å². The average molecular weight is 290 g/mol. The molecule has 3 rings (SSSR count). The van der Waals surface area contributed by atoms with Gasteiger partial charge in [0.05, 0.1) is 16.8 Å². The number of hydrogen-bond acceptors (Lipinski definition) is 3. The third kappa shape index (κ3) is 2.46. The number of aromatic nitrogens is 1. The fraction of sp³-hybridized carbons (Fsp3) is 0.158. The lowest BCUT2D eigenvalue weighted by Crippen LogP contribution is -2.15. The minimum atomic E-state index is 0.00181. The molecule has 0 unspecified atom stereocenters. The van der Waals surface area contributed by atoms with Crippen LogP contribution in [0.15, 0.2) is 54.7 Å². The van der Waals surface area contributed by atoms with Gasteiger partial charge in [0.15, 0.2) is 5.78 Å². The van der Waals surface area contributed by atoms with E-state index in [0.717, 1.165) is 22.2 Å². The smallest absolute Gasteiger partial charge is 0.196 e. The van der Waals surface area contributed by atoms with Crippen LogP contribution in [0.4, 0.5) is 5.69 Å². The summed E-state index contributed by atoms with van der Waals surface area (Å²) in [4.78, 5) is 19.3. The molecule has 0 aliphatic rings. The predicted molar refractivity (Wildman–Crippen MR) is 90.7 cm³/mol. The Morgan fingerprint density at radius 1 is 1.00 bits per heavy atom. The number of fused-ring (bicyclic) bond motifs is 1. The van der Waals surface area contributed by atoms with Crippen molar-refractivity contribution >= 4 is 22.4 Å². The first-order chi connectivity index (χ1) is 10.6. The van der Waals surface area contributed by atoms with E-state index in [2.05, 4.69) is 4.98 Å². The molecule has 0 saturated heterocycles. The molecule has 0 aliphatic carbocycles. The molecule has 110 valence electrons. The predicted octanol–water partition coefficient (Wildman–Crippen LogP) is 3.84. The minimum Gasteiger partial charge on any atom is -0.376 e. The molecule has 1 aromatic heterocycles. The largest absolute Gasteiger partial charge is 0.376 e. The monoisotopic (exact) mass is 290 g/mol. The molecular weight excluding hydrogens is 272 g/mol. The summed E-state index contributed by atoms with van der Waals surface area (Å²) in [5.41, 5.74) is 4.27. The Bertz CT molecular complexity index is 836. The molecule has 0 atom stereocenters. The molecule has 2 aromatic carbocycles. The summed E-state index contributed by atoms with van der Waals surface area (Å²) >= 11 is 0. The maximum absolute atomic E-state index is 12.9. The summed E-state index contributed by atoms with van der Waals surface area (Å²) in [7, 11) is 3.90. The second kappa shape index (κ2) is 5.60. The van der Waals surface area contributed by atoms with Crippen molar-refractivity contribution in [2.75, 3.05) is 19.0 Å². The molecule has 3 heteroatoms. The first kappa shape index (κ1) is 14.3. The first-order valence-corrected chi connectivity index (χ1v) is 7.24. The van der Waals surface area contributed by atoms with E-state index >= 15 is 0 Å². The van der Waals surface area contributed by atoms with Gasteiger partial charge in [-0.25, -0.2) is 0 Å². The van der Waals surface area contributed by atoms with E-state index in [1.165, 1.54) is 0 Å². The Labute approximate surface area is 130 Å². The van der Waals surface area contributed by atoms with Gasteiger partial charge in [-0.15, -0.1) is 0 Å². The zero-order valence-electron chi connectivity index (χ0n) is 13.0. The number of carbonyl (C=O) groups is 1. The van der Waals surface area contributed by atoms with Gasteiger partial charge in [0.2, 0.25) is 0 Å². The number of carbonyl (C=O) groups excluding carboxylic acids is 1. The fourth-order valence-corrected chi connectivity index (χ4v) is 2.64. The van der Waals surface area contributed by atoms with Gasteiger partial charge in [-0.05, 0) is 13.0 Å². The van der Waals surface area contributed by atoms with E-state index in [-0.39, 0.29) is 5.78 Å². The second-order valence-corrected chi connectivity index (χ2v) is 5.63. The fourth-order valence-electron chi connectivity index (χ4n) is 2.64. The quantitative estimate of drug-likeness (QED) is 0.687. The van der Waals surface area contributed by atoms with Gasteiger partial charge >= 0.3 is 0 Å². The number of hydrogen-bond donors (Lipinski definition) is 0. The normalized spacial score (nSPS) is 10.7. The molecule has 0 N–H and O–H groups in total. The molecule has 3 nitrogen and oxygen atoms in total. The van der Waals surface area contributed by atoms with Gasteiger partial charge in [-0.1, -0.05) is 48.0 Å². The van der Waals surface area contributed by atoms with Crippen molar-refractivity contribution in [1.82, 2.24) is 4.98 Å². The number of para-hydroxylation sites is 1. The summed E-state index contributed by atoms with van der Waals surface area (Å²) in [6, 6.07) is 15.5. The number of aryl methyl sites for hydroxylation is 1. The van der Waals surface area contributed by atoms with E-state index < -0.39 is 0 Å². The summed E-state index contributed by atoms with van der Waals surface area (Å²) in [5.74, 6) is 0.00181. The van der Waals surface area contributed by atoms with Gasteiger partial charge in [-0.2, -0.15) is 0 Å².